The summed E-state index contributed by atoms with van der Waals surface area (Å²) in [6.45, 7) is 2.38. The molecule has 2 aliphatic heterocycles. The Morgan fingerprint density at radius 1 is 1.37 bits per heavy atom. The van der Waals surface area contributed by atoms with Gasteiger partial charge in [0, 0.05) is 38.4 Å². The SMILES string of the molecule is CO[C@@H]1CCN(Cc2ccccc2F)[C@H]2CCO[C@H]12. The summed E-state index contributed by atoms with van der Waals surface area (Å²) in [5, 5.41) is 0. The minimum absolute atomic E-state index is 0.119. The predicted molar refractivity (Wildman–Crippen MR) is 70.4 cm³/mol. The Morgan fingerprint density at radius 3 is 3.00 bits per heavy atom. The van der Waals surface area contributed by atoms with Crippen LogP contribution in [0.1, 0.15) is 18.4 Å². The van der Waals surface area contributed by atoms with Crippen molar-refractivity contribution in [2.75, 3.05) is 20.3 Å². The predicted octanol–water partition coefficient (Wildman–Crippen LogP) is 2.20. The molecule has 3 atom stereocenters. The molecule has 0 aromatic heterocycles. The Bertz CT molecular complexity index is 440. The molecule has 0 amide bonds. The van der Waals surface area contributed by atoms with Gasteiger partial charge in [-0.25, -0.2) is 4.39 Å². The molecule has 1 aromatic rings. The first-order chi connectivity index (χ1) is 9.29. The zero-order chi connectivity index (χ0) is 13.2. The molecule has 0 radical (unpaired) electrons. The Kier molecular flexibility index (Phi) is 3.82. The van der Waals surface area contributed by atoms with Gasteiger partial charge in [-0.05, 0) is 18.9 Å². The Labute approximate surface area is 113 Å². The number of hydrogen-bond acceptors (Lipinski definition) is 3. The van der Waals surface area contributed by atoms with Crippen molar-refractivity contribution in [2.45, 2.75) is 37.6 Å². The van der Waals surface area contributed by atoms with E-state index in [1.54, 1.807) is 13.2 Å². The monoisotopic (exact) mass is 265 g/mol. The van der Waals surface area contributed by atoms with Gasteiger partial charge in [-0.15, -0.1) is 0 Å². The van der Waals surface area contributed by atoms with E-state index >= 15 is 0 Å². The van der Waals surface area contributed by atoms with Crippen LogP contribution < -0.4 is 0 Å². The van der Waals surface area contributed by atoms with Crippen molar-refractivity contribution in [3.8, 4) is 0 Å². The number of piperidine rings is 1. The fourth-order valence-corrected chi connectivity index (χ4v) is 3.26. The highest BCUT2D eigenvalue weighted by molar-refractivity contribution is 5.17. The summed E-state index contributed by atoms with van der Waals surface area (Å²) < 4.78 is 25.0. The Hall–Kier alpha value is -0.970. The number of nitrogens with zero attached hydrogens (tertiary/aromatic N) is 1. The fraction of sp³-hybridized carbons (Fsp3) is 0.600. The number of fused-ring (bicyclic) bond motifs is 1. The van der Waals surface area contributed by atoms with Gasteiger partial charge in [0.25, 0.3) is 0 Å². The van der Waals surface area contributed by atoms with Gasteiger partial charge in [0.05, 0.1) is 12.2 Å². The molecule has 2 heterocycles. The normalized spacial score (nSPS) is 31.4. The van der Waals surface area contributed by atoms with Crippen molar-refractivity contribution in [1.82, 2.24) is 4.90 Å². The third-order valence-electron chi connectivity index (χ3n) is 4.27. The van der Waals surface area contributed by atoms with Gasteiger partial charge >= 0.3 is 0 Å². The van der Waals surface area contributed by atoms with Gasteiger partial charge in [-0.3, -0.25) is 4.90 Å². The summed E-state index contributed by atoms with van der Waals surface area (Å²) in [4.78, 5) is 2.34. The van der Waals surface area contributed by atoms with E-state index in [1.807, 2.05) is 12.1 Å². The van der Waals surface area contributed by atoms with Crippen LogP contribution in [0, 0.1) is 5.82 Å². The molecule has 2 fully saturated rings. The summed E-state index contributed by atoms with van der Waals surface area (Å²) >= 11 is 0. The summed E-state index contributed by atoms with van der Waals surface area (Å²) in [6.07, 6.45) is 2.29. The van der Waals surface area contributed by atoms with E-state index in [0.717, 1.165) is 31.6 Å². The van der Waals surface area contributed by atoms with Crippen molar-refractivity contribution < 1.29 is 13.9 Å². The van der Waals surface area contributed by atoms with E-state index in [0.29, 0.717) is 12.6 Å². The van der Waals surface area contributed by atoms with E-state index in [4.69, 9.17) is 9.47 Å². The molecule has 0 unspecified atom stereocenters. The van der Waals surface area contributed by atoms with Crippen LogP contribution in [0.25, 0.3) is 0 Å². The first-order valence-electron chi connectivity index (χ1n) is 6.91. The summed E-state index contributed by atoms with van der Waals surface area (Å²) in [5.41, 5.74) is 0.768. The average Bonchev–Trinajstić information content (AvgIpc) is 2.91. The molecule has 3 rings (SSSR count). The summed E-state index contributed by atoms with van der Waals surface area (Å²) in [5.74, 6) is -0.119. The second-order valence-electron chi connectivity index (χ2n) is 5.32. The highest BCUT2D eigenvalue weighted by Crippen LogP contribution is 2.31. The standard InChI is InChI=1S/C15H20FNO2/c1-18-14-6-8-17(13-7-9-19-15(13)14)10-11-4-2-3-5-12(11)16/h2-5,13-15H,6-10H2,1H3/t13-,14+,15-/m0/s1. The molecular weight excluding hydrogens is 245 g/mol. The molecule has 4 heteroatoms. The third-order valence-corrected chi connectivity index (χ3v) is 4.27. The van der Waals surface area contributed by atoms with Gasteiger partial charge < -0.3 is 9.47 Å². The van der Waals surface area contributed by atoms with Gasteiger partial charge in [-0.1, -0.05) is 18.2 Å². The lowest BCUT2D eigenvalue weighted by Crippen LogP contribution is -2.52. The zero-order valence-corrected chi connectivity index (χ0v) is 11.2. The lowest BCUT2D eigenvalue weighted by atomic mass is 9.95. The van der Waals surface area contributed by atoms with Crippen LogP contribution in [0.15, 0.2) is 24.3 Å². The first-order valence-corrected chi connectivity index (χ1v) is 6.91. The topological polar surface area (TPSA) is 21.7 Å². The first kappa shape index (κ1) is 13.0. The number of ether oxygens (including phenoxy) is 2. The van der Waals surface area contributed by atoms with Crippen molar-refractivity contribution in [1.29, 1.82) is 0 Å². The molecule has 3 nitrogen and oxygen atoms in total. The van der Waals surface area contributed by atoms with E-state index in [2.05, 4.69) is 4.90 Å². The third kappa shape index (κ3) is 2.53. The highest BCUT2D eigenvalue weighted by Gasteiger charge is 2.42. The molecule has 104 valence electrons. The van der Waals surface area contributed by atoms with E-state index < -0.39 is 0 Å². The van der Waals surface area contributed by atoms with E-state index in [-0.39, 0.29) is 18.0 Å². The van der Waals surface area contributed by atoms with E-state index in [1.165, 1.54) is 6.07 Å². The van der Waals surface area contributed by atoms with Crippen LogP contribution in [-0.4, -0.2) is 43.4 Å². The molecule has 1 aromatic carbocycles. The molecule has 2 saturated heterocycles. The fourth-order valence-electron chi connectivity index (χ4n) is 3.26. The van der Waals surface area contributed by atoms with Gasteiger partial charge in [0.15, 0.2) is 0 Å². The molecule has 0 bridgehead atoms. The van der Waals surface area contributed by atoms with E-state index in [9.17, 15) is 4.39 Å². The quantitative estimate of drug-likeness (QED) is 0.836. The number of likely N-dealkylation sites (tertiary alicyclic amines) is 1. The lowest BCUT2D eigenvalue weighted by molar-refractivity contribution is -0.0846. The molecular formula is C15H20FNO2. The van der Waals surface area contributed by atoms with Crippen LogP contribution in [0.4, 0.5) is 4.39 Å². The average molecular weight is 265 g/mol. The molecule has 2 aliphatic rings. The number of methoxy groups -OCH3 is 1. The van der Waals surface area contributed by atoms with Crippen LogP contribution in [0.3, 0.4) is 0 Å². The minimum atomic E-state index is -0.119. The molecule has 0 spiro atoms. The molecule has 0 aliphatic carbocycles. The Balaban J connectivity index is 1.74. The minimum Gasteiger partial charge on any atom is -0.379 e. The maximum atomic E-state index is 13.7. The largest absolute Gasteiger partial charge is 0.379 e. The maximum absolute atomic E-state index is 13.7. The Morgan fingerprint density at radius 2 is 2.21 bits per heavy atom. The van der Waals surface area contributed by atoms with Crippen molar-refractivity contribution in [2.24, 2.45) is 0 Å². The number of rotatable bonds is 3. The summed E-state index contributed by atoms with van der Waals surface area (Å²) in [7, 11) is 1.75. The second kappa shape index (κ2) is 5.57. The lowest BCUT2D eigenvalue weighted by Gasteiger charge is -2.40. The van der Waals surface area contributed by atoms with Gasteiger partial charge in [-0.2, -0.15) is 0 Å². The molecule has 19 heavy (non-hydrogen) atoms. The summed E-state index contributed by atoms with van der Waals surface area (Å²) in [6, 6.07) is 7.38. The molecule has 0 saturated carbocycles. The number of halogens is 1. The second-order valence-corrected chi connectivity index (χ2v) is 5.32. The van der Waals surface area contributed by atoms with Gasteiger partial charge in [0.1, 0.15) is 5.82 Å². The van der Waals surface area contributed by atoms with Crippen LogP contribution in [0.5, 0.6) is 0 Å². The number of benzene rings is 1. The van der Waals surface area contributed by atoms with Gasteiger partial charge in [0.2, 0.25) is 0 Å². The van der Waals surface area contributed by atoms with Crippen LogP contribution >= 0.6 is 0 Å². The van der Waals surface area contributed by atoms with Crippen LogP contribution in [0.2, 0.25) is 0 Å². The maximum Gasteiger partial charge on any atom is 0.127 e. The molecule has 0 N–H and O–H groups in total. The van der Waals surface area contributed by atoms with Crippen LogP contribution in [-0.2, 0) is 16.0 Å². The number of hydrogen-bond donors (Lipinski definition) is 0. The van der Waals surface area contributed by atoms with Crippen molar-refractivity contribution >= 4 is 0 Å². The van der Waals surface area contributed by atoms with Crippen molar-refractivity contribution in [3.05, 3.63) is 35.6 Å². The smallest absolute Gasteiger partial charge is 0.127 e. The van der Waals surface area contributed by atoms with Crippen molar-refractivity contribution in [3.63, 3.8) is 0 Å². The zero-order valence-electron chi connectivity index (χ0n) is 11.2. The highest BCUT2D eigenvalue weighted by atomic mass is 19.1.